The van der Waals surface area contributed by atoms with Gasteiger partial charge >= 0.3 is 0 Å². The number of benzene rings is 2. The highest BCUT2D eigenvalue weighted by molar-refractivity contribution is 9.10. The average molecular weight is 467 g/mol. The molecule has 1 atom stereocenters. The van der Waals surface area contributed by atoms with Crippen molar-refractivity contribution < 1.29 is 9.53 Å². The van der Waals surface area contributed by atoms with Crippen molar-refractivity contribution in [2.45, 2.75) is 18.9 Å². The second-order valence-electron chi connectivity index (χ2n) is 7.23. The monoisotopic (exact) mass is 466 g/mol. The number of nitrogens with zero attached hydrogens (tertiary/aromatic N) is 3. The Bertz CT molecular complexity index is 1010. The molecule has 0 radical (unpaired) electrons. The SMILES string of the molecule is COc1ccc(-c2ccccc2C(=O)N2CCC[C@@H](Nc3ncc(Br)cn3)C2)cc1. The molecule has 2 aromatic carbocycles. The van der Waals surface area contributed by atoms with Crippen LogP contribution >= 0.6 is 15.9 Å². The summed E-state index contributed by atoms with van der Waals surface area (Å²) in [6.45, 7) is 1.37. The molecule has 1 N–H and O–H groups in total. The van der Waals surface area contributed by atoms with Gasteiger partial charge in [-0.15, -0.1) is 0 Å². The summed E-state index contributed by atoms with van der Waals surface area (Å²) in [6, 6.07) is 15.7. The fourth-order valence-corrected chi connectivity index (χ4v) is 3.92. The predicted octanol–water partition coefficient (Wildman–Crippen LogP) is 4.63. The van der Waals surface area contributed by atoms with Crippen LogP contribution in [0.25, 0.3) is 11.1 Å². The second-order valence-corrected chi connectivity index (χ2v) is 8.15. The van der Waals surface area contributed by atoms with Crippen LogP contribution in [0.3, 0.4) is 0 Å². The quantitative estimate of drug-likeness (QED) is 0.593. The van der Waals surface area contributed by atoms with E-state index in [0.29, 0.717) is 18.1 Å². The lowest BCUT2D eigenvalue weighted by molar-refractivity contribution is 0.0715. The molecule has 1 aliphatic rings. The van der Waals surface area contributed by atoms with E-state index in [0.717, 1.165) is 40.7 Å². The van der Waals surface area contributed by atoms with Gasteiger partial charge in [-0.3, -0.25) is 4.79 Å². The zero-order valence-corrected chi connectivity index (χ0v) is 18.3. The summed E-state index contributed by atoms with van der Waals surface area (Å²) in [4.78, 5) is 23.9. The lowest BCUT2D eigenvalue weighted by Gasteiger charge is -2.33. The third-order valence-corrected chi connectivity index (χ3v) is 5.63. The van der Waals surface area contributed by atoms with Gasteiger partial charge in [0.25, 0.3) is 5.91 Å². The highest BCUT2D eigenvalue weighted by atomic mass is 79.9. The number of anilines is 1. The van der Waals surface area contributed by atoms with E-state index >= 15 is 0 Å². The molecule has 3 aromatic rings. The minimum absolute atomic E-state index is 0.0460. The molecule has 154 valence electrons. The summed E-state index contributed by atoms with van der Waals surface area (Å²) in [7, 11) is 1.65. The zero-order valence-electron chi connectivity index (χ0n) is 16.7. The number of rotatable bonds is 5. The van der Waals surface area contributed by atoms with Gasteiger partial charge in [0, 0.05) is 37.1 Å². The number of likely N-dealkylation sites (tertiary alicyclic amines) is 1. The third kappa shape index (κ3) is 4.62. The number of piperidine rings is 1. The van der Waals surface area contributed by atoms with Crippen LogP contribution in [0, 0.1) is 0 Å². The van der Waals surface area contributed by atoms with Crippen molar-refractivity contribution in [3.63, 3.8) is 0 Å². The molecule has 0 unspecified atom stereocenters. The number of methoxy groups -OCH3 is 1. The Kier molecular flexibility index (Phi) is 6.28. The van der Waals surface area contributed by atoms with E-state index in [1.807, 2.05) is 53.4 Å². The smallest absolute Gasteiger partial charge is 0.254 e. The molecule has 1 amide bonds. The Morgan fingerprint density at radius 1 is 1.13 bits per heavy atom. The topological polar surface area (TPSA) is 67.3 Å². The van der Waals surface area contributed by atoms with Crippen molar-refractivity contribution in [1.82, 2.24) is 14.9 Å². The fourth-order valence-electron chi connectivity index (χ4n) is 3.71. The first kappa shape index (κ1) is 20.3. The molecule has 1 aromatic heterocycles. The molecule has 0 aliphatic carbocycles. The molecule has 7 heteroatoms. The van der Waals surface area contributed by atoms with Crippen LogP contribution in [0.4, 0.5) is 5.95 Å². The summed E-state index contributed by atoms with van der Waals surface area (Å²) in [5.74, 6) is 1.42. The Hall–Kier alpha value is -2.93. The first-order valence-corrected chi connectivity index (χ1v) is 10.7. The summed E-state index contributed by atoms with van der Waals surface area (Å²) in [6.07, 6.45) is 5.34. The van der Waals surface area contributed by atoms with Crippen molar-refractivity contribution in [2.75, 3.05) is 25.5 Å². The maximum Gasteiger partial charge on any atom is 0.254 e. The highest BCUT2D eigenvalue weighted by Crippen LogP contribution is 2.27. The molecule has 30 heavy (non-hydrogen) atoms. The maximum atomic E-state index is 13.4. The molecule has 1 saturated heterocycles. The van der Waals surface area contributed by atoms with E-state index in [2.05, 4.69) is 31.2 Å². The molecule has 2 heterocycles. The van der Waals surface area contributed by atoms with Crippen LogP contribution in [-0.2, 0) is 0 Å². The van der Waals surface area contributed by atoms with Crippen molar-refractivity contribution >= 4 is 27.8 Å². The van der Waals surface area contributed by atoms with Crippen molar-refractivity contribution in [3.8, 4) is 16.9 Å². The number of aromatic nitrogens is 2. The van der Waals surface area contributed by atoms with E-state index in [-0.39, 0.29) is 11.9 Å². The molecule has 1 fully saturated rings. The minimum atomic E-state index is 0.0460. The molecule has 0 bridgehead atoms. The fraction of sp³-hybridized carbons (Fsp3) is 0.261. The molecule has 0 saturated carbocycles. The van der Waals surface area contributed by atoms with Gasteiger partial charge < -0.3 is 15.0 Å². The standard InChI is InChI=1S/C23H23BrN4O2/c1-30-19-10-8-16(9-11-19)20-6-2-3-7-21(20)22(29)28-12-4-5-18(15-28)27-23-25-13-17(24)14-26-23/h2-3,6-11,13-14,18H,4-5,12,15H2,1H3,(H,25,26,27)/t18-/m1/s1. The van der Waals surface area contributed by atoms with E-state index < -0.39 is 0 Å². The Morgan fingerprint density at radius 3 is 2.60 bits per heavy atom. The predicted molar refractivity (Wildman–Crippen MR) is 121 cm³/mol. The van der Waals surface area contributed by atoms with Gasteiger partial charge in [-0.25, -0.2) is 9.97 Å². The summed E-state index contributed by atoms with van der Waals surface area (Å²) in [5, 5.41) is 3.35. The number of nitrogens with one attached hydrogen (secondary N) is 1. The van der Waals surface area contributed by atoms with E-state index in [4.69, 9.17) is 4.74 Å². The van der Waals surface area contributed by atoms with Gasteiger partial charge in [0.15, 0.2) is 0 Å². The van der Waals surface area contributed by atoms with Crippen LogP contribution < -0.4 is 10.1 Å². The van der Waals surface area contributed by atoms with Gasteiger partial charge in [-0.1, -0.05) is 30.3 Å². The van der Waals surface area contributed by atoms with Crippen molar-refractivity contribution in [1.29, 1.82) is 0 Å². The highest BCUT2D eigenvalue weighted by Gasteiger charge is 2.26. The molecular weight excluding hydrogens is 444 g/mol. The summed E-state index contributed by atoms with van der Waals surface area (Å²) >= 11 is 3.35. The molecule has 6 nitrogen and oxygen atoms in total. The van der Waals surface area contributed by atoms with Gasteiger partial charge in [0.05, 0.1) is 11.6 Å². The van der Waals surface area contributed by atoms with Crippen LogP contribution in [0.1, 0.15) is 23.2 Å². The maximum absolute atomic E-state index is 13.4. The van der Waals surface area contributed by atoms with Crippen LogP contribution in [-0.4, -0.2) is 47.0 Å². The number of carbonyl (C=O) groups excluding carboxylic acids is 1. The molecule has 0 spiro atoms. The molecule has 1 aliphatic heterocycles. The zero-order chi connectivity index (χ0) is 20.9. The van der Waals surface area contributed by atoms with E-state index in [1.165, 1.54) is 0 Å². The van der Waals surface area contributed by atoms with Crippen molar-refractivity contribution in [2.24, 2.45) is 0 Å². The van der Waals surface area contributed by atoms with E-state index in [1.54, 1.807) is 19.5 Å². The van der Waals surface area contributed by atoms with Gasteiger partial charge in [-0.05, 0) is 58.1 Å². The number of hydrogen-bond acceptors (Lipinski definition) is 5. The Balaban J connectivity index is 1.51. The third-order valence-electron chi connectivity index (χ3n) is 5.22. The lowest BCUT2D eigenvalue weighted by Crippen LogP contribution is -2.45. The number of carbonyl (C=O) groups is 1. The summed E-state index contributed by atoms with van der Waals surface area (Å²) < 4.78 is 6.09. The average Bonchev–Trinajstić information content (AvgIpc) is 2.80. The van der Waals surface area contributed by atoms with Crippen LogP contribution in [0.15, 0.2) is 65.4 Å². The normalized spacial score (nSPS) is 16.2. The van der Waals surface area contributed by atoms with Crippen LogP contribution in [0.5, 0.6) is 5.75 Å². The van der Waals surface area contributed by atoms with Gasteiger partial charge in [0.2, 0.25) is 5.95 Å². The Morgan fingerprint density at radius 2 is 1.87 bits per heavy atom. The number of amides is 1. The van der Waals surface area contributed by atoms with Gasteiger partial charge in [-0.2, -0.15) is 0 Å². The molecular formula is C23H23BrN4O2. The Labute approximate surface area is 184 Å². The first-order valence-electron chi connectivity index (χ1n) is 9.91. The molecule has 4 rings (SSSR count). The number of ether oxygens (including phenoxy) is 1. The number of halogens is 1. The lowest BCUT2D eigenvalue weighted by atomic mass is 9.97. The minimum Gasteiger partial charge on any atom is -0.497 e. The number of hydrogen-bond donors (Lipinski definition) is 1. The van der Waals surface area contributed by atoms with Gasteiger partial charge in [0.1, 0.15) is 5.75 Å². The largest absolute Gasteiger partial charge is 0.497 e. The van der Waals surface area contributed by atoms with Crippen molar-refractivity contribution in [3.05, 3.63) is 71.0 Å². The summed E-state index contributed by atoms with van der Waals surface area (Å²) in [5.41, 5.74) is 2.63. The van der Waals surface area contributed by atoms with E-state index in [9.17, 15) is 4.79 Å². The second kappa shape index (κ2) is 9.26. The van der Waals surface area contributed by atoms with Crippen LogP contribution in [0.2, 0.25) is 0 Å². The first-order chi connectivity index (χ1) is 14.6.